The van der Waals surface area contributed by atoms with E-state index in [0.29, 0.717) is 18.6 Å². The van der Waals surface area contributed by atoms with Crippen LogP contribution in [0.5, 0.6) is 0 Å². The second-order valence-corrected chi connectivity index (χ2v) is 4.59. The molecule has 1 fully saturated rings. The molecule has 0 bridgehead atoms. The third kappa shape index (κ3) is 2.98. The molecule has 5 nitrogen and oxygen atoms in total. The second-order valence-electron chi connectivity index (χ2n) is 3.60. The average Bonchev–Trinajstić information content (AvgIpc) is 2.24. The summed E-state index contributed by atoms with van der Waals surface area (Å²) in [7, 11) is 0. The van der Waals surface area contributed by atoms with Crippen LogP contribution in [-0.4, -0.2) is 47.2 Å². The molecule has 1 N–H and O–H groups in total. The number of piperazine rings is 1. The highest BCUT2D eigenvalue weighted by atomic mass is 32.2. The van der Waals surface area contributed by atoms with Gasteiger partial charge in [-0.25, -0.2) is 0 Å². The number of carbonyl (C=O) groups excluding carboxylic acids is 3. The highest BCUT2D eigenvalue weighted by molar-refractivity contribution is 7.98. The van der Waals surface area contributed by atoms with Gasteiger partial charge in [0.05, 0.1) is 0 Å². The van der Waals surface area contributed by atoms with Gasteiger partial charge < -0.3 is 4.90 Å². The minimum Gasteiger partial charge on any atom is -0.321 e. The number of nitrogens with zero attached hydrogens (tertiary/aromatic N) is 1. The summed E-state index contributed by atoms with van der Waals surface area (Å²) < 4.78 is 0. The number of rotatable bonds is 4. The summed E-state index contributed by atoms with van der Waals surface area (Å²) >= 11 is 1.57. The predicted octanol–water partition coefficient (Wildman–Crippen LogP) is 0.00310. The molecule has 0 aromatic heterocycles. The van der Waals surface area contributed by atoms with Gasteiger partial charge in [0.25, 0.3) is 0 Å². The van der Waals surface area contributed by atoms with E-state index in [0.717, 1.165) is 0 Å². The minimum atomic E-state index is -0.493. The molecule has 1 unspecified atom stereocenters. The van der Waals surface area contributed by atoms with E-state index in [-0.39, 0.29) is 18.4 Å². The van der Waals surface area contributed by atoms with Crippen LogP contribution in [0.25, 0.3) is 0 Å². The van der Waals surface area contributed by atoms with Crippen molar-refractivity contribution in [3.8, 4) is 0 Å². The van der Waals surface area contributed by atoms with Gasteiger partial charge in [-0.3, -0.25) is 19.7 Å². The van der Waals surface area contributed by atoms with Crippen LogP contribution in [0.15, 0.2) is 0 Å². The Bertz CT molecular complexity index is 306. The van der Waals surface area contributed by atoms with Gasteiger partial charge in [-0.2, -0.15) is 11.8 Å². The molecule has 1 saturated heterocycles. The van der Waals surface area contributed by atoms with Crippen molar-refractivity contribution in [1.29, 1.82) is 0 Å². The lowest BCUT2D eigenvalue weighted by molar-refractivity contribution is -0.149. The molecule has 0 aromatic rings. The van der Waals surface area contributed by atoms with Gasteiger partial charge in [0.1, 0.15) is 12.6 Å². The van der Waals surface area contributed by atoms with Crippen LogP contribution in [0.2, 0.25) is 0 Å². The number of imide groups is 1. The standard InChI is InChI=1S/C10H16N2O3S/c1-3-7-10(15)11-8(13)6-12(7)9(14)4-5-16-2/h7H,3-6H2,1-2H3,(H,11,13,15). The fourth-order valence-corrected chi connectivity index (χ4v) is 2.05. The third-order valence-corrected chi connectivity index (χ3v) is 3.09. The molecule has 3 amide bonds. The van der Waals surface area contributed by atoms with Crippen molar-refractivity contribution in [2.75, 3.05) is 18.6 Å². The largest absolute Gasteiger partial charge is 0.321 e. The van der Waals surface area contributed by atoms with Gasteiger partial charge in [-0.1, -0.05) is 6.92 Å². The molecule has 1 atom stereocenters. The normalized spacial score (nSPS) is 20.9. The topological polar surface area (TPSA) is 66.5 Å². The summed E-state index contributed by atoms with van der Waals surface area (Å²) in [5.74, 6) is -0.172. The maximum Gasteiger partial charge on any atom is 0.249 e. The summed E-state index contributed by atoms with van der Waals surface area (Å²) in [5, 5.41) is 2.24. The van der Waals surface area contributed by atoms with Crippen molar-refractivity contribution in [2.45, 2.75) is 25.8 Å². The van der Waals surface area contributed by atoms with Crippen LogP contribution in [-0.2, 0) is 14.4 Å². The van der Waals surface area contributed by atoms with Gasteiger partial charge in [-0.15, -0.1) is 0 Å². The van der Waals surface area contributed by atoms with Gasteiger partial charge in [-0.05, 0) is 12.7 Å². The Morgan fingerprint density at radius 3 is 2.81 bits per heavy atom. The highest BCUT2D eigenvalue weighted by Crippen LogP contribution is 2.11. The van der Waals surface area contributed by atoms with E-state index in [1.54, 1.807) is 11.8 Å². The summed E-state index contributed by atoms with van der Waals surface area (Å²) in [6.07, 6.45) is 2.82. The Kier molecular flexibility index (Phi) is 4.79. The van der Waals surface area contributed by atoms with Crippen LogP contribution in [0, 0.1) is 0 Å². The van der Waals surface area contributed by atoms with Crippen molar-refractivity contribution in [1.82, 2.24) is 10.2 Å². The molecule has 90 valence electrons. The van der Waals surface area contributed by atoms with Crippen molar-refractivity contribution < 1.29 is 14.4 Å². The molecule has 0 spiro atoms. The fourth-order valence-electron chi connectivity index (χ4n) is 1.67. The molecule has 1 aliphatic heterocycles. The molecule has 0 saturated carbocycles. The van der Waals surface area contributed by atoms with E-state index in [1.807, 2.05) is 13.2 Å². The zero-order chi connectivity index (χ0) is 12.1. The third-order valence-electron chi connectivity index (χ3n) is 2.48. The molecular weight excluding hydrogens is 228 g/mol. The Labute approximate surface area is 98.9 Å². The average molecular weight is 244 g/mol. The smallest absolute Gasteiger partial charge is 0.249 e. The van der Waals surface area contributed by atoms with Crippen LogP contribution < -0.4 is 5.32 Å². The number of hydrogen-bond acceptors (Lipinski definition) is 4. The Morgan fingerprint density at radius 2 is 2.25 bits per heavy atom. The fraction of sp³-hybridized carbons (Fsp3) is 0.700. The Morgan fingerprint density at radius 1 is 1.56 bits per heavy atom. The van der Waals surface area contributed by atoms with Gasteiger partial charge in [0.15, 0.2) is 0 Å². The first kappa shape index (κ1) is 13.0. The first-order valence-electron chi connectivity index (χ1n) is 5.22. The quantitative estimate of drug-likeness (QED) is 0.707. The van der Waals surface area contributed by atoms with E-state index in [4.69, 9.17) is 0 Å². The van der Waals surface area contributed by atoms with Crippen molar-refractivity contribution in [3.05, 3.63) is 0 Å². The number of hydrogen-bond donors (Lipinski definition) is 1. The Balaban J connectivity index is 2.70. The summed E-state index contributed by atoms with van der Waals surface area (Å²) in [5.41, 5.74) is 0. The first-order valence-corrected chi connectivity index (χ1v) is 6.61. The summed E-state index contributed by atoms with van der Waals surface area (Å²) in [6, 6.07) is -0.493. The molecule has 1 rings (SSSR count). The molecule has 6 heteroatoms. The van der Waals surface area contributed by atoms with Crippen molar-refractivity contribution >= 4 is 29.5 Å². The van der Waals surface area contributed by atoms with Gasteiger partial charge >= 0.3 is 0 Å². The van der Waals surface area contributed by atoms with Crippen LogP contribution in [0.1, 0.15) is 19.8 Å². The summed E-state index contributed by atoms with van der Waals surface area (Å²) in [4.78, 5) is 35.9. The van der Waals surface area contributed by atoms with Crippen LogP contribution in [0.3, 0.4) is 0 Å². The van der Waals surface area contributed by atoms with Gasteiger partial charge in [0.2, 0.25) is 17.7 Å². The molecule has 1 aliphatic rings. The number of amides is 3. The van der Waals surface area contributed by atoms with Crippen molar-refractivity contribution in [3.63, 3.8) is 0 Å². The molecule has 16 heavy (non-hydrogen) atoms. The van der Waals surface area contributed by atoms with Crippen LogP contribution in [0.4, 0.5) is 0 Å². The summed E-state index contributed by atoms with van der Waals surface area (Å²) in [6.45, 7) is 1.83. The zero-order valence-electron chi connectivity index (χ0n) is 9.49. The second kappa shape index (κ2) is 5.89. The lowest BCUT2D eigenvalue weighted by Crippen LogP contribution is -2.59. The van der Waals surface area contributed by atoms with Gasteiger partial charge in [0, 0.05) is 12.2 Å². The zero-order valence-corrected chi connectivity index (χ0v) is 10.3. The monoisotopic (exact) mass is 244 g/mol. The van der Waals surface area contributed by atoms with Crippen LogP contribution >= 0.6 is 11.8 Å². The predicted molar refractivity (Wildman–Crippen MR) is 61.9 cm³/mol. The molecular formula is C10H16N2O3S. The lowest BCUT2D eigenvalue weighted by Gasteiger charge is -2.33. The lowest BCUT2D eigenvalue weighted by atomic mass is 10.1. The number of nitrogens with one attached hydrogen (secondary N) is 1. The molecule has 1 heterocycles. The maximum atomic E-state index is 11.8. The van der Waals surface area contributed by atoms with E-state index in [2.05, 4.69) is 5.32 Å². The van der Waals surface area contributed by atoms with E-state index in [1.165, 1.54) is 4.90 Å². The minimum absolute atomic E-state index is 0.00252. The molecule has 0 aliphatic carbocycles. The maximum absolute atomic E-state index is 11.8. The molecule has 0 aromatic carbocycles. The molecule has 0 radical (unpaired) electrons. The Hall–Kier alpha value is -1.04. The number of carbonyl (C=O) groups is 3. The van der Waals surface area contributed by atoms with E-state index in [9.17, 15) is 14.4 Å². The van der Waals surface area contributed by atoms with Crippen molar-refractivity contribution in [2.24, 2.45) is 0 Å². The van der Waals surface area contributed by atoms with E-state index < -0.39 is 11.9 Å². The van der Waals surface area contributed by atoms with E-state index >= 15 is 0 Å². The number of thioether (sulfide) groups is 1. The highest BCUT2D eigenvalue weighted by Gasteiger charge is 2.34. The first-order chi connectivity index (χ1) is 7.60. The SMILES string of the molecule is CCC1C(=O)NC(=O)CN1C(=O)CCSC.